The third-order valence-electron chi connectivity index (χ3n) is 10.7. The molecule has 0 unspecified atom stereocenters. The quantitative estimate of drug-likeness (QED) is 0.0757. The first kappa shape index (κ1) is 44.5. The van der Waals surface area contributed by atoms with Gasteiger partial charge in [-0.3, -0.25) is 19.0 Å². The molecule has 0 bridgehead atoms. The van der Waals surface area contributed by atoms with E-state index in [-0.39, 0.29) is 11.8 Å². The number of rotatable bonds is 16. The number of carbonyl (C=O) groups is 2. The van der Waals surface area contributed by atoms with Gasteiger partial charge in [-0.2, -0.15) is 10.2 Å². The largest absolute Gasteiger partial charge is 0.309 e. The summed E-state index contributed by atoms with van der Waals surface area (Å²) in [6.45, 7) is 5.52. The Balaban J connectivity index is 0.000000191. The summed E-state index contributed by atoms with van der Waals surface area (Å²) in [6, 6.07) is 43.0. The minimum Gasteiger partial charge on any atom is -0.309 e. The highest BCUT2D eigenvalue weighted by molar-refractivity contribution is 5.95. The second-order valence-corrected chi connectivity index (χ2v) is 15.7. The number of anilines is 2. The molecule has 0 spiro atoms. The van der Waals surface area contributed by atoms with E-state index in [1.807, 2.05) is 111 Å². The van der Waals surface area contributed by atoms with Crippen LogP contribution in [0.15, 0.2) is 171 Å². The van der Waals surface area contributed by atoms with Gasteiger partial charge in [0.25, 0.3) is 0 Å². The number of hydrogen-bond acceptors (Lipinski definition) is 8. The zero-order chi connectivity index (χ0) is 44.7. The molecule has 4 aromatic carbocycles. The Hall–Kier alpha value is -7.54. The van der Waals surface area contributed by atoms with Gasteiger partial charge >= 0.3 is 0 Å². The molecule has 4 heterocycles. The van der Waals surface area contributed by atoms with Crippen molar-refractivity contribution in [2.45, 2.75) is 38.8 Å². The molecule has 12 nitrogen and oxygen atoms in total. The zero-order valence-electron chi connectivity index (χ0n) is 36.6. The minimum atomic E-state index is -0.471. The molecule has 2 amide bonds. The summed E-state index contributed by atoms with van der Waals surface area (Å²) in [7, 11) is 3.75. The van der Waals surface area contributed by atoms with Crippen molar-refractivity contribution in [3.63, 3.8) is 0 Å². The molecule has 8 aromatic rings. The fraction of sp³-hybridized carbons (Fsp3) is 0.192. The normalized spacial score (nSPS) is 11.8. The van der Waals surface area contributed by atoms with Crippen LogP contribution in [-0.2, 0) is 36.5 Å². The number of aryl methyl sites for hydroxylation is 4. The van der Waals surface area contributed by atoms with E-state index < -0.39 is 12.1 Å². The van der Waals surface area contributed by atoms with Crippen LogP contribution >= 0.6 is 0 Å². The molecule has 0 radical (unpaired) electrons. The molecular formula is C52H54N10O2. The first-order valence-corrected chi connectivity index (χ1v) is 21.4. The van der Waals surface area contributed by atoms with E-state index in [4.69, 9.17) is 0 Å². The molecule has 2 atom stereocenters. The number of aromatic nitrogens is 6. The van der Waals surface area contributed by atoms with Crippen LogP contribution in [0.2, 0.25) is 0 Å². The smallest absolute Gasteiger partial charge is 0.247 e. The second-order valence-electron chi connectivity index (χ2n) is 15.7. The van der Waals surface area contributed by atoms with Gasteiger partial charge < -0.3 is 21.3 Å². The summed E-state index contributed by atoms with van der Waals surface area (Å²) in [4.78, 5) is 35.1. The summed E-state index contributed by atoms with van der Waals surface area (Å²) < 4.78 is 3.50. The van der Waals surface area contributed by atoms with E-state index in [0.717, 1.165) is 46.2 Å². The third kappa shape index (κ3) is 12.8. The molecule has 0 aliphatic carbocycles. The monoisotopic (exact) mass is 850 g/mol. The van der Waals surface area contributed by atoms with Gasteiger partial charge in [-0.15, -0.1) is 0 Å². The molecular weight excluding hydrogens is 797 g/mol. The Kier molecular flexibility index (Phi) is 15.3. The summed E-state index contributed by atoms with van der Waals surface area (Å²) in [6.07, 6.45) is 12.6. The van der Waals surface area contributed by atoms with E-state index >= 15 is 0 Å². The lowest BCUT2D eigenvalue weighted by Crippen LogP contribution is -2.34. The van der Waals surface area contributed by atoms with Crippen LogP contribution in [0.3, 0.4) is 0 Å². The topological polar surface area (TPSA) is 144 Å². The number of benzene rings is 4. The molecule has 8 rings (SSSR count). The summed E-state index contributed by atoms with van der Waals surface area (Å²) in [5, 5.41) is 21.1. The van der Waals surface area contributed by atoms with E-state index in [1.165, 1.54) is 22.3 Å². The zero-order valence-corrected chi connectivity index (χ0v) is 36.6. The van der Waals surface area contributed by atoms with Gasteiger partial charge in [0, 0.05) is 74.2 Å². The molecule has 0 saturated carbocycles. The fourth-order valence-electron chi connectivity index (χ4n) is 7.06. The number of amides is 2. The molecule has 64 heavy (non-hydrogen) atoms. The predicted octanol–water partition coefficient (Wildman–Crippen LogP) is 8.61. The standard InChI is InChI=1S/2C26H27N5O/c2*1-19-8-10-20(11-9-19)14-15-27-25(21-6-4-3-5-7-21)26(32)30-24-13-12-22(16-28-24)23-17-29-31(2)18-23/h2*3-13,16-18,25,27H,14-15H2,1-2H3,(H,28,30,32)/t2*25-/m10/s1. The number of pyridine rings is 2. The van der Waals surface area contributed by atoms with Crippen molar-refractivity contribution in [1.82, 2.24) is 40.2 Å². The SMILES string of the molecule is Cc1ccc(CCN[C@@H](C(=O)Nc2ccc(-c3cnn(C)c3)cn2)c2ccccc2)cc1.Cc1ccc(CCN[C@H](C(=O)Nc2ccc(-c3cnn(C)c3)cn2)c2ccccc2)cc1. The number of nitrogens with one attached hydrogen (secondary N) is 4. The summed E-state index contributed by atoms with van der Waals surface area (Å²) >= 11 is 0. The highest BCUT2D eigenvalue weighted by Crippen LogP contribution is 2.22. The Bertz CT molecular complexity index is 2490. The third-order valence-corrected chi connectivity index (χ3v) is 10.7. The highest BCUT2D eigenvalue weighted by atomic mass is 16.2. The van der Waals surface area contributed by atoms with Crippen molar-refractivity contribution in [3.8, 4) is 22.3 Å². The van der Waals surface area contributed by atoms with Gasteiger partial charge in [0.1, 0.15) is 23.7 Å². The first-order chi connectivity index (χ1) is 31.2. The molecule has 0 fully saturated rings. The van der Waals surface area contributed by atoms with Gasteiger partial charge in [-0.1, -0.05) is 120 Å². The van der Waals surface area contributed by atoms with Crippen molar-refractivity contribution in [2.24, 2.45) is 14.1 Å². The Morgan fingerprint density at radius 2 is 0.875 bits per heavy atom. The van der Waals surface area contributed by atoms with Crippen molar-refractivity contribution in [3.05, 3.63) is 204 Å². The van der Waals surface area contributed by atoms with Gasteiger partial charge in [0.2, 0.25) is 11.8 Å². The van der Waals surface area contributed by atoms with E-state index in [2.05, 4.69) is 104 Å². The maximum Gasteiger partial charge on any atom is 0.247 e. The van der Waals surface area contributed by atoms with Gasteiger partial charge in [0.15, 0.2) is 0 Å². The fourth-order valence-corrected chi connectivity index (χ4v) is 7.06. The van der Waals surface area contributed by atoms with Crippen LogP contribution in [0.4, 0.5) is 11.6 Å². The molecule has 324 valence electrons. The average molecular weight is 851 g/mol. The number of nitrogens with zero attached hydrogens (tertiary/aromatic N) is 6. The Morgan fingerprint density at radius 1 is 0.484 bits per heavy atom. The minimum absolute atomic E-state index is 0.137. The molecule has 4 aromatic heterocycles. The van der Waals surface area contributed by atoms with Crippen molar-refractivity contribution >= 4 is 23.5 Å². The predicted molar refractivity (Wildman–Crippen MR) is 254 cm³/mol. The molecule has 0 aliphatic heterocycles. The highest BCUT2D eigenvalue weighted by Gasteiger charge is 2.22. The van der Waals surface area contributed by atoms with Crippen molar-refractivity contribution < 1.29 is 9.59 Å². The van der Waals surface area contributed by atoms with Gasteiger partial charge in [-0.25, -0.2) is 9.97 Å². The maximum atomic E-state index is 13.1. The lowest BCUT2D eigenvalue weighted by Gasteiger charge is -2.19. The molecule has 0 aliphatic rings. The van der Waals surface area contributed by atoms with Crippen molar-refractivity contribution in [1.29, 1.82) is 0 Å². The Morgan fingerprint density at radius 3 is 1.20 bits per heavy atom. The van der Waals surface area contributed by atoms with Crippen LogP contribution < -0.4 is 21.3 Å². The van der Waals surface area contributed by atoms with E-state index in [9.17, 15) is 9.59 Å². The van der Waals surface area contributed by atoms with Crippen LogP contribution in [0.25, 0.3) is 22.3 Å². The van der Waals surface area contributed by atoms with E-state index in [1.54, 1.807) is 34.2 Å². The maximum absolute atomic E-state index is 13.1. The summed E-state index contributed by atoms with van der Waals surface area (Å²) in [5.74, 6) is 0.760. The molecule has 12 heteroatoms. The first-order valence-electron chi connectivity index (χ1n) is 21.4. The van der Waals surface area contributed by atoms with Gasteiger partial charge in [-0.05, 0) is 73.2 Å². The van der Waals surface area contributed by atoms with Crippen LogP contribution in [0.5, 0.6) is 0 Å². The van der Waals surface area contributed by atoms with E-state index in [0.29, 0.717) is 24.7 Å². The van der Waals surface area contributed by atoms with Crippen LogP contribution in [0.1, 0.15) is 45.5 Å². The Labute approximate surface area is 374 Å². The molecule has 0 saturated heterocycles. The average Bonchev–Trinajstić information content (AvgIpc) is 3.97. The van der Waals surface area contributed by atoms with Crippen LogP contribution in [-0.4, -0.2) is 54.4 Å². The van der Waals surface area contributed by atoms with Crippen molar-refractivity contribution in [2.75, 3.05) is 23.7 Å². The van der Waals surface area contributed by atoms with Crippen LogP contribution in [0, 0.1) is 13.8 Å². The second kappa shape index (κ2) is 22.0. The number of hydrogen-bond donors (Lipinski definition) is 4. The molecule has 4 N–H and O–H groups in total. The number of carbonyl (C=O) groups excluding carboxylic acids is 2. The lowest BCUT2D eigenvalue weighted by molar-refractivity contribution is -0.119. The lowest BCUT2D eigenvalue weighted by atomic mass is 10.1. The van der Waals surface area contributed by atoms with Gasteiger partial charge in [0.05, 0.1) is 12.4 Å². The summed E-state index contributed by atoms with van der Waals surface area (Å²) in [5.41, 5.74) is 10.7.